The Balaban J connectivity index is 1.91. The van der Waals surface area contributed by atoms with Gasteiger partial charge in [-0.1, -0.05) is 63.1 Å². The molecule has 2 aromatic rings. The molecule has 1 saturated carbocycles. The number of benzene rings is 2. The highest BCUT2D eigenvalue weighted by atomic mass is 35.5. The minimum Gasteiger partial charge on any atom is -0.355 e. The Labute approximate surface area is 193 Å². The quantitative estimate of drug-likeness (QED) is 0.457. The summed E-state index contributed by atoms with van der Waals surface area (Å²) in [4.78, 5) is 11.9. The summed E-state index contributed by atoms with van der Waals surface area (Å²) in [5, 5.41) is 4.27. The van der Waals surface area contributed by atoms with Gasteiger partial charge in [-0.2, -0.15) is 0 Å². The van der Waals surface area contributed by atoms with Crippen molar-refractivity contribution in [2.45, 2.75) is 67.9 Å². The molecule has 1 aliphatic carbocycles. The number of hydrogen-bond donors (Lipinski definition) is 1. The molecule has 1 N–H and O–H groups in total. The van der Waals surface area contributed by atoms with Gasteiger partial charge in [-0.3, -0.25) is 4.21 Å². The first-order valence-corrected chi connectivity index (χ1v) is 13.0. The van der Waals surface area contributed by atoms with Gasteiger partial charge in [0, 0.05) is 16.6 Å². The van der Waals surface area contributed by atoms with Gasteiger partial charge >= 0.3 is 0 Å². The van der Waals surface area contributed by atoms with Gasteiger partial charge in [0.1, 0.15) is 11.6 Å². The van der Waals surface area contributed by atoms with Crippen LogP contribution in [0.15, 0.2) is 47.9 Å². The minimum atomic E-state index is -3.37. The number of carbonyl (C=O) groups excluding carboxylic acids is 1. The lowest BCUT2D eigenvalue weighted by Crippen LogP contribution is -2.24. The van der Waals surface area contributed by atoms with E-state index in [2.05, 4.69) is 11.9 Å². The summed E-state index contributed by atoms with van der Waals surface area (Å²) in [5.41, 5.74) is 1.36. The molecule has 172 valence electrons. The van der Waals surface area contributed by atoms with Crippen LogP contribution in [0, 0.1) is 11.6 Å². The van der Waals surface area contributed by atoms with E-state index in [1.807, 2.05) is 0 Å². The van der Waals surface area contributed by atoms with Crippen LogP contribution in [0.2, 0.25) is 5.02 Å². The van der Waals surface area contributed by atoms with E-state index in [1.54, 1.807) is 5.23 Å². The topological polar surface area (TPSA) is 46.2 Å². The van der Waals surface area contributed by atoms with Crippen LogP contribution >= 0.6 is 11.6 Å². The molecular weight excluding hydrogens is 452 g/mol. The second kappa shape index (κ2) is 11.1. The van der Waals surface area contributed by atoms with Crippen molar-refractivity contribution in [3.63, 3.8) is 0 Å². The van der Waals surface area contributed by atoms with Gasteiger partial charge < -0.3 is 5.32 Å². The second-order valence-corrected chi connectivity index (χ2v) is 11.1. The van der Waals surface area contributed by atoms with E-state index >= 15 is 0 Å². The molecule has 32 heavy (non-hydrogen) atoms. The third-order valence-electron chi connectivity index (χ3n) is 5.97. The molecule has 3 nitrogen and oxygen atoms in total. The molecule has 0 spiro atoms. The molecule has 7 heteroatoms. The molecule has 0 bridgehead atoms. The third kappa shape index (κ3) is 5.80. The standard InChI is InChI=1S/C25H28ClF2NO2S/c1-18(29-20-12-14-23(27)22(26)16-20)19-11-13-24(28)25(15-19)32(31,17-30)21-9-7-5-3-2-4-6-8-10-21/h11-16,21,29H,1-10H2. The van der Waals surface area contributed by atoms with E-state index in [-0.39, 0.29) is 9.92 Å². The van der Waals surface area contributed by atoms with Crippen molar-refractivity contribution in [3.8, 4) is 0 Å². The SMILES string of the molecule is C=C(Nc1ccc(F)c(Cl)c1)c1ccc(F)c(S(=O)(=C=O)C2CCCCCCCCC2)c1. The Morgan fingerprint density at radius 3 is 2.16 bits per heavy atom. The van der Waals surface area contributed by atoms with Gasteiger partial charge in [0.05, 0.1) is 19.4 Å². The zero-order chi connectivity index (χ0) is 23.1. The van der Waals surface area contributed by atoms with Crippen molar-refractivity contribution in [1.29, 1.82) is 0 Å². The molecule has 0 aromatic heterocycles. The van der Waals surface area contributed by atoms with Gasteiger partial charge in [-0.15, -0.1) is 0 Å². The second-order valence-electron chi connectivity index (χ2n) is 8.24. The lowest BCUT2D eigenvalue weighted by Gasteiger charge is -2.22. The Kier molecular flexibility index (Phi) is 8.52. The molecule has 1 atom stereocenters. The molecular formula is C25H28ClF2NO2S. The summed E-state index contributed by atoms with van der Waals surface area (Å²) in [6, 6.07) is 8.25. The average molecular weight is 480 g/mol. The Hall–Kier alpha value is -2.14. The molecule has 1 aliphatic rings. The lowest BCUT2D eigenvalue weighted by atomic mass is 10.0. The number of rotatable bonds is 5. The van der Waals surface area contributed by atoms with Crippen LogP contribution < -0.4 is 5.32 Å². The van der Waals surface area contributed by atoms with Crippen LogP contribution in [0.25, 0.3) is 5.70 Å². The molecule has 3 rings (SSSR count). The highest BCUT2D eigenvalue weighted by Gasteiger charge is 2.28. The van der Waals surface area contributed by atoms with Crippen molar-refractivity contribution < 1.29 is 17.8 Å². The molecule has 0 radical (unpaired) electrons. The van der Waals surface area contributed by atoms with Crippen molar-refractivity contribution in [2.24, 2.45) is 0 Å². The van der Waals surface area contributed by atoms with E-state index in [0.29, 0.717) is 29.8 Å². The van der Waals surface area contributed by atoms with Gasteiger partial charge in [0.15, 0.2) is 5.23 Å². The summed E-state index contributed by atoms with van der Waals surface area (Å²) >= 11 is 5.83. The summed E-state index contributed by atoms with van der Waals surface area (Å²) in [6.45, 7) is 3.95. The van der Waals surface area contributed by atoms with Crippen molar-refractivity contribution in [1.82, 2.24) is 0 Å². The van der Waals surface area contributed by atoms with Crippen LogP contribution in [-0.4, -0.2) is 14.7 Å². The predicted molar refractivity (Wildman–Crippen MR) is 128 cm³/mol. The zero-order valence-corrected chi connectivity index (χ0v) is 19.5. The molecule has 0 heterocycles. The van der Waals surface area contributed by atoms with Crippen LogP contribution in [0.1, 0.15) is 63.4 Å². The molecule has 1 fully saturated rings. The van der Waals surface area contributed by atoms with E-state index in [4.69, 9.17) is 11.6 Å². The summed E-state index contributed by atoms with van der Waals surface area (Å²) in [6.07, 6.45) is 8.46. The van der Waals surface area contributed by atoms with Crippen LogP contribution in [-0.2, 0) is 14.3 Å². The third-order valence-corrected chi connectivity index (χ3v) is 8.88. The highest BCUT2D eigenvalue weighted by molar-refractivity contribution is 8.01. The predicted octanol–water partition coefficient (Wildman–Crippen LogP) is 7.30. The maximum absolute atomic E-state index is 14.9. The Morgan fingerprint density at radius 2 is 1.56 bits per heavy atom. The van der Waals surface area contributed by atoms with Crippen LogP contribution in [0.4, 0.5) is 14.5 Å². The van der Waals surface area contributed by atoms with E-state index in [1.165, 1.54) is 42.8 Å². The first kappa shape index (κ1) is 24.5. The first-order valence-electron chi connectivity index (χ1n) is 11.0. The number of anilines is 1. The smallest absolute Gasteiger partial charge is 0.191 e. The van der Waals surface area contributed by atoms with Crippen LogP contribution in [0.3, 0.4) is 0 Å². The van der Waals surface area contributed by atoms with Crippen molar-refractivity contribution in [3.05, 3.63) is 65.2 Å². The van der Waals surface area contributed by atoms with Gasteiger partial charge in [-0.05, 0) is 54.8 Å². The summed E-state index contributed by atoms with van der Waals surface area (Å²) in [5.74, 6) is -1.23. The molecule has 0 saturated heterocycles. The fraction of sp³-hybridized carbons (Fsp3) is 0.400. The highest BCUT2D eigenvalue weighted by Crippen LogP contribution is 2.31. The van der Waals surface area contributed by atoms with Gasteiger partial charge in [0.25, 0.3) is 0 Å². The molecule has 0 aliphatic heterocycles. The molecule has 2 aromatic carbocycles. The van der Waals surface area contributed by atoms with Gasteiger partial charge in [-0.25, -0.2) is 13.6 Å². The largest absolute Gasteiger partial charge is 0.355 e. The maximum Gasteiger partial charge on any atom is 0.191 e. The monoisotopic (exact) mass is 479 g/mol. The van der Waals surface area contributed by atoms with Crippen molar-refractivity contribution >= 4 is 37.7 Å². The minimum absolute atomic E-state index is 0.0443. The first-order chi connectivity index (χ1) is 15.3. The fourth-order valence-electron chi connectivity index (χ4n) is 4.14. The van der Waals surface area contributed by atoms with E-state index < -0.39 is 26.4 Å². The van der Waals surface area contributed by atoms with Crippen LogP contribution in [0.5, 0.6) is 0 Å². The number of nitrogens with one attached hydrogen (secondary N) is 1. The van der Waals surface area contributed by atoms with Crippen molar-refractivity contribution in [2.75, 3.05) is 5.32 Å². The maximum atomic E-state index is 14.9. The Morgan fingerprint density at radius 1 is 0.969 bits per heavy atom. The number of hydrogen-bond acceptors (Lipinski definition) is 3. The lowest BCUT2D eigenvalue weighted by molar-refractivity contribution is 0.501. The molecule has 1 unspecified atom stereocenters. The van der Waals surface area contributed by atoms with Gasteiger partial charge in [0.2, 0.25) is 0 Å². The van der Waals surface area contributed by atoms with E-state index in [9.17, 15) is 17.8 Å². The van der Waals surface area contributed by atoms with E-state index in [0.717, 1.165) is 38.5 Å². The average Bonchev–Trinajstić information content (AvgIpc) is 2.79. The number of halogens is 3. The summed E-state index contributed by atoms with van der Waals surface area (Å²) < 4.78 is 42.1. The fourth-order valence-corrected chi connectivity index (χ4v) is 6.56. The molecule has 0 amide bonds. The normalized spacial score (nSPS) is 17.7. The zero-order valence-electron chi connectivity index (χ0n) is 18.0. The Bertz CT molecular complexity index is 1110. The summed E-state index contributed by atoms with van der Waals surface area (Å²) in [7, 11) is -3.37.